The molecule has 0 radical (unpaired) electrons. The molecule has 0 aliphatic rings. The van der Waals surface area contributed by atoms with Gasteiger partial charge in [-0.25, -0.2) is 0 Å². The molecular weight excluding hydrogens is 322 g/mol. The first kappa shape index (κ1) is 18.3. The van der Waals surface area contributed by atoms with E-state index in [1.165, 1.54) is 0 Å². The summed E-state index contributed by atoms with van der Waals surface area (Å²) < 4.78 is 15.8. The van der Waals surface area contributed by atoms with Crippen molar-refractivity contribution in [2.75, 3.05) is 26.4 Å². The predicted octanol–water partition coefficient (Wildman–Crippen LogP) is 2.44. The second-order valence-electron chi connectivity index (χ2n) is 4.99. The molecule has 0 aliphatic heterocycles. The van der Waals surface area contributed by atoms with Crippen molar-refractivity contribution in [3.05, 3.63) is 60.2 Å². The number of nitrogens with one attached hydrogen (secondary N) is 1. The first-order chi connectivity index (χ1) is 12.2. The fourth-order valence-electron chi connectivity index (χ4n) is 2.07. The van der Waals surface area contributed by atoms with Crippen LogP contribution >= 0.6 is 0 Å². The van der Waals surface area contributed by atoms with Gasteiger partial charge in [0.2, 0.25) is 0 Å². The summed E-state index contributed by atoms with van der Waals surface area (Å²) in [6.45, 7) is 2.43. The molecule has 0 fully saturated rings. The van der Waals surface area contributed by atoms with E-state index in [4.69, 9.17) is 14.2 Å². The van der Waals surface area contributed by atoms with E-state index in [-0.39, 0.29) is 25.7 Å². The summed E-state index contributed by atoms with van der Waals surface area (Å²) in [5.41, 5.74) is 0.379. The molecule has 0 atom stereocenters. The maximum Gasteiger partial charge on any atom is 0.325 e. The van der Waals surface area contributed by atoms with Crippen molar-refractivity contribution in [1.82, 2.24) is 5.32 Å². The van der Waals surface area contributed by atoms with Crippen LogP contribution in [0.3, 0.4) is 0 Å². The number of amides is 1. The molecule has 0 saturated heterocycles. The van der Waals surface area contributed by atoms with E-state index in [1.54, 1.807) is 24.3 Å². The van der Waals surface area contributed by atoms with Gasteiger partial charge in [0.1, 0.15) is 31.3 Å². The summed E-state index contributed by atoms with van der Waals surface area (Å²) in [5, 5.41) is 2.52. The number of rotatable bonds is 9. The number of benzene rings is 2. The summed E-state index contributed by atoms with van der Waals surface area (Å²) in [4.78, 5) is 23.8. The number of carbonyl (C=O) groups excluding carboxylic acids is 2. The van der Waals surface area contributed by atoms with E-state index in [0.717, 1.165) is 0 Å². The first-order valence-electron chi connectivity index (χ1n) is 8.04. The van der Waals surface area contributed by atoms with E-state index >= 15 is 0 Å². The van der Waals surface area contributed by atoms with Crippen molar-refractivity contribution in [3.8, 4) is 11.5 Å². The van der Waals surface area contributed by atoms with E-state index in [2.05, 4.69) is 5.32 Å². The summed E-state index contributed by atoms with van der Waals surface area (Å²) in [6, 6.07) is 16.1. The van der Waals surface area contributed by atoms with E-state index in [0.29, 0.717) is 23.7 Å². The number of hydrogen-bond acceptors (Lipinski definition) is 5. The highest BCUT2D eigenvalue weighted by atomic mass is 16.6. The van der Waals surface area contributed by atoms with Gasteiger partial charge in [-0.2, -0.15) is 0 Å². The largest absolute Gasteiger partial charge is 0.493 e. The molecule has 6 nitrogen and oxygen atoms in total. The van der Waals surface area contributed by atoms with E-state index in [9.17, 15) is 9.59 Å². The van der Waals surface area contributed by atoms with Gasteiger partial charge in [-0.3, -0.25) is 9.59 Å². The topological polar surface area (TPSA) is 73.9 Å². The predicted molar refractivity (Wildman–Crippen MR) is 92.8 cm³/mol. The van der Waals surface area contributed by atoms with Crippen molar-refractivity contribution < 1.29 is 23.8 Å². The van der Waals surface area contributed by atoms with Crippen molar-refractivity contribution in [2.45, 2.75) is 6.92 Å². The Hall–Kier alpha value is -3.02. The van der Waals surface area contributed by atoms with E-state index < -0.39 is 5.97 Å². The summed E-state index contributed by atoms with van der Waals surface area (Å²) >= 11 is 0. The lowest BCUT2D eigenvalue weighted by Gasteiger charge is -2.10. The summed E-state index contributed by atoms with van der Waals surface area (Å²) in [6.07, 6.45) is 0. The molecule has 1 N–H and O–H groups in total. The van der Waals surface area contributed by atoms with Crippen LogP contribution in [0.25, 0.3) is 0 Å². The minimum atomic E-state index is -0.529. The molecule has 6 heteroatoms. The Labute approximate surface area is 146 Å². The van der Waals surface area contributed by atoms with Gasteiger partial charge in [0.05, 0.1) is 12.2 Å². The third kappa shape index (κ3) is 6.18. The molecule has 0 aliphatic carbocycles. The molecule has 1 amide bonds. The molecule has 25 heavy (non-hydrogen) atoms. The number of ether oxygens (including phenoxy) is 3. The zero-order valence-electron chi connectivity index (χ0n) is 14.1. The zero-order chi connectivity index (χ0) is 17.9. The smallest absolute Gasteiger partial charge is 0.325 e. The van der Waals surface area contributed by atoms with Gasteiger partial charge < -0.3 is 19.5 Å². The lowest BCUT2D eigenvalue weighted by atomic mass is 10.2. The molecule has 2 aromatic rings. The number of para-hydroxylation sites is 2. The van der Waals surface area contributed by atoms with Crippen LogP contribution in [0.5, 0.6) is 11.5 Å². The quantitative estimate of drug-likeness (QED) is 0.559. The van der Waals surface area contributed by atoms with Crippen LogP contribution in [-0.2, 0) is 9.53 Å². The Morgan fingerprint density at radius 1 is 0.920 bits per heavy atom. The highest BCUT2D eigenvalue weighted by Gasteiger charge is 2.13. The average molecular weight is 343 g/mol. The normalized spacial score (nSPS) is 9.96. The lowest BCUT2D eigenvalue weighted by molar-refractivity contribution is -0.143. The van der Waals surface area contributed by atoms with Gasteiger partial charge in [-0.05, 0) is 31.2 Å². The molecule has 132 valence electrons. The van der Waals surface area contributed by atoms with Gasteiger partial charge in [0.15, 0.2) is 0 Å². The molecular formula is C19H21NO5. The molecule has 0 unspecified atom stereocenters. The zero-order valence-corrected chi connectivity index (χ0v) is 14.1. The monoisotopic (exact) mass is 343 g/mol. The van der Waals surface area contributed by atoms with Crippen LogP contribution in [0.2, 0.25) is 0 Å². The van der Waals surface area contributed by atoms with Crippen LogP contribution in [0, 0.1) is 0 Å². The Morgan fingerprint density at radius 3 is 2.40 bits per heavy atom. The summed E-state index contributed by atoms with van der Waals surface area (Å²) in [5.74, 6) is 0.270. The molecule has 2 rings (SSSR count). The molecule has 0 saturated carbocycles. The Bertz CT molecular complexity index is 687. The van der Waals surface area contributed by atoms with Crippen molar-refractivity contribution in [2.24, 2.45) is 0 Å². The average Bonchev–Trinajstić information content (AvgIpc) is 2.65. The van der Waals surface area contributed by atoms with Gasteiger partial charge in [-0.1, -0.05) is 30.3 Å². The third-order valence-electron chi connectivity index (χ3n) is 3.18. The molecule has 0 bridgehead atoms. The SMILES string of the molecule is CCOc1ccccc1C(=O)NCC(=O)OCCOc1ccccc1. The molecule has 0 heterocycles. The second kappa shape index (κ2) is 9.97. The minimum Gasteiger partial charge on any atom is -0.493 e. The van der Waals surface area contributed by atoms with Crippen LogP contribution in [-0.4, -0.2) is 38.2 Å². The Balaban J connectivity index is 1.70. The van der Waals surface area contributed by atoms with Gasteiger partial charge in [-0.15, -0.1) is 0 Å². The van der Waals surface area contributed by atoms with Crippen LogP contribution in [0.15, 0.2) is 54.6 Å². The number of carbonyl (C=O) groups is 2. The minimum absolute atomic E-state index is 0.110. The summed E-state index contributed by atoms with van der Waals surface area (Å²) in [7, 11) is 0. The number of esters is 1. The lowest BCUT2D eigenvalue weighted by Crippen LogP contribution is -2.31. The molecule has 0 aromatic heterocycles. The van der Waals surface area contributed by atoms with Crippen molar-refractivity contribution in [1.29, 1.82) is 0 Å². The molecule has 0 spiro atoms. The third-order valence-corrected chi connectivity index (χ3v) is 3.18. The first-order valence-corrected chi connectivity index (χ1v) is 8.04. The molecule has 2 aromatic carbocycles. The van der Waals surface area contributed by atoms with Crippen LogP contribution in [0.1, 0.15) is 17.3 Å². The van der Waals surface area contributed by atoms with Crippen molar-refractivity contribution in [3.63, 3.8) is 0 Å². The standard InChI is InChI=1S/C19H21NO5/c1-2-23-17-11-7-6-10-16(17)19(22)20-14-18(21)25-13-12-24-15-8-4-3-5-9-15/h3-11H,2,12-14H2,1H3,(H,20,22). The highest BCUT2D eigenvalue weighted by molar-refractivity contribution is 5.98. The van der Waals surface area contributed by atoms with Crippen LogP contribution < -0.4 is 14.8 Å². The van der Waals surface area contributed by atoms with Crippen molar-refractivity contribution >= 4 is 11.9 Å². The Kier molecular flexibility index (Phi) is 7.31. The van der Waals surface area contributed by atoms with Gasteiger partial charge in [0.25, 0.3) is 5.91 Å². The van der Waals surface area contributed by atoms with Crippen LogP contribution in [0.4, 0.5) is 0 Å². The highest BCUT2D eigenvalue weighted by Crippen LogP contribution is 2.17. The maximum absolute atomic E-state index is 12.1. The van der Waals surface area contributed by atoms with E-state index in [1.807, 2.05) is 37.3 Å². The maximum atomic E-state index is 12.1. The second-order valence-corrected chi connectivity index (χ2v) is 4.99. The van der Waals surface area contributed by atoms with Gasteiger partial charge in [0, 0.05) is 0 Å². The Morgan fingerprint density at radius 2 is 1.64 bits per heavy atom. The number of hydrogen-bond donors (Lipinski definition) is 1. The van der Waals surface area contributed by atoms with Gasteiger partial charge >= 0.3 is 5.97 Å². The fraction of sp³-hybridized carbons (Fsp3) is 0.263. The fourth-order valence-corrected chi connectivity index (χ4v) is 2.07.